The summed E-state index contributed by atoms with van der Waals surface area (Å²) in [7, 11) is 3.16. The average molecular weight is 401 g/mol. The molecule has 1 heterocycles. The molecule has 0 N–H and O–H groups in total. The molecule has 0 fully saturated rings. The molecule has 0 aliphatic heterocycles. The first-order valence-electron chi connectivity index (χ1n) is 8.78. The Labute approximate surface area is 168 Å². The molecule has 0 aliphatic rings. The number of ether oxygens (including phenoxy) is 2. The third-order valence-electron chi connectivity index (χ3n) is 4.34. The van der Waals surface area contributed by atoms with E-state index in [1.807, 2.05) is 25.1 Å². The summed E-state index contributed by atoms with van der Waals surface area (Å²) < 4.78 is 16.0. The van der Waals surface area contributed by atoms with E-state index in [0.29, 0.717) is 46.6 Å². The first-order valence-corrected chi connectivity index (χ1v) is 9.16. The maximum Gasteiger partial charge on any atom is 0.254 e. The molecule has 7 heteroatoms. The number of carbonyl (C=O) groups excluding carboxylic acids is 1. The normalized spacial score (nSPS) is 10.6. The van der Waals surface area contributed by atoms with Crippen molar-refractivity contribution in [2.75, 3.05) is 20.8 Å². The number of nitrogens with zero attached hydrogens (tertiary/aromatic N) is 2. The minimum Gasteiger partial charge on any atom is -0.493 e. The van der Waals surface area contributed by atoms with Crippen LogP contribution in [0.2, 0.25) is 5.02 Å². The van der Waals surface area contributed by atoms with Crippen molar-refractivity contribution in [2.24, 2.45) is 0 Å². The zero-order valence-corrected chi connectivity index (χ0v) is 16.7. The summed E-state index contributed by atoms with van der Waals surface area (Å²) in [6.45, 7) is 2.80. The Bertz CT molecular complexity index is 953. The van der Waals surface area contributed by atoms with Gasteiger partial charge in [-0.15, -0.1) is 0 Å². The lowest BCUT2D eigenvalue weighted by atomic mass is 10.1. The molecule has 2 aromatic carbocycles. The first kappa shape index (κ1) is 19.8. The van der Waals surface area contributed by atoms with Gasteiger partial charge in [0.25, 0.3) is 5.91 Å². The van der Waals surface area contributed by atoms with Crippen molar-refractivity contribution in [3.8, 4) is 22.8 Å². The van der Waals surface area contributed by atoms with Crippen molar-refractivity contribution in [1.82, 2.24) is 10.1 Å². The van der Waals surface area contributed by atoms with Crippen molar-refractivity contribution in [3.63, 3.8) is 0 Å². The monoisotopic (exact) mass is 400 g/mol. The van der Waals surface area contributed by atoms with Gasteiger partial charge in [0.1, 0.15) is 5.69 Å². The summed E-state index contributed by atoms with van der Waals surface area (Å²) in [6, 6.07) is 14.1. The molecular formula is C21H21ClN2O4. The molecule has 3 rings (SSSR count). The highest BCUT2D eigenvalue weighted by atomic mass is 35.5. The number of hydrogen-bond acceptors (Lipinski definition) is 5. The van der Waals surface area contributed by atoms with E-state index in [2.05, 4.69) is 5.16 Å². The zero-order valence-electron chi connectivity index (χ0n) is 15.9. The number of methoxy groups -OCH3 is 2. The van der Waals surface area contributed by atoms with Gasteiger partial charge in [0.05, 0.1) is 20.8 Å². The van der Waals surface area contributed by atoms with E-state index in [9.17, 15) is 4.79 Å². The standard InChI is InChI=1S/C21H21ClN2O4/c1-4-24(21(25)14-5-8-16(22)9-6-14)13-17-12-19(28-23-17)15-7-10-18(26-2)20(11-15)27-3/h5-12H,4,13H2,1-3H3. The third-order valence-corrected chi connectivity index (χ3v) is 4.59. The quantitative estimate of drug-likeness (QED) is 0.576. The van der Waals surface area contributed by atoms with E-state index in [4.69, 9.17) is 25.6 Å². The molecule has 1 aromatic heterocycles. The largest absolute Gasteiger partial charge is 0.493 e. The van der Waals surface area contributed by atoms with E-state index in [0.717, 1.165) is 5.56 Å². The number of halogens is 1. The van der Waals surface area contributed by atoms with Crippen LogP contribution in [0.4, 0.5) is 0 Å². The molecule has 146 valence electrons. The number of hydrogen-bond donors (Lipinski definition) is 0. The molecule has 0 radical (unpaired) electrons. The fraction of sp³-hybridized carbons (Fsp3) is 0.238. The van der Waals surface area contributed by atoms with Crippen molar-refractivity contribution in [2.45, 2.75) is 13.5 Å². The van der Waals surface area contributed by atoms with Gasteiger partial charge in [-0.25, -0.2) is 0 Å². The summed E-state index contributed by atoms with van der Waals surface area (Å²) in [6.07, 6.45) is 0. The lowest BCUT2D eigenvalue weighted by Crippen LogP contribution is -2.30. The second-order valence-electron chi connectivity index (χ2n) is 6.08. The Hall–Kier alpha value is -2.99. The predicted molar refractivity (Wildman–Crippen MR) is 107 cm³/mol. The van der Waals surface area contributed by atoms with Gasteiger partial charge in [-0.2, -0.15) is 0 Å². The van der Waals surface area contributed by atoms with Gasteiger partial charge in [0.15, 0.2) is 17.3 Å². The van der Waals surface area contributed by atoms with Gasteiger partial charge in [0.2, 0.25) is 0 Å². The fourth-order valence-electron chi connectivity index (χ4n) is 2.81. The number of aromatic nitrogens is 1. The summed E-state index contributed by atoms with van der Waals surface area (Å²) >= 11 is 5.90. The highest BCUT2D eigenvalue weighted by molar-refractivity contribution is 6.30. The summed E-state index contributed by atoms with van der Waals surface area (Å²) in [5, 5.41) is 4.70. The molecular weight excluding hydrogens is 380 g/mol. The van der Waals surface area contributed by atoms with E-state index >= 15 is 0 Å². The molecule has 6 nitrogen and oxygen atoms in total. The van der Waals surface area contributed by atoms with Crippen molar-refractivity contribution in [1.29, 1.82) is 0 Å². The molecule has 0 unspecified atom stereocenters. The number of carbonyl (C=O) groups is 1. The molecule has 1 amide bonds. The van der Waals surface area contributed by atoms with Crippen LogP contribution < -0.4 is 9.47 Å². The van der Waals surface area contributed by atoms with Gasteiger partial charge in [-0.05, 0) is 49.4 Å². The number of amides is 1. The average Bonchev–Trinajstić information content (AvgIpc) is 3.20. The minimum atomic E-state index is -0.0881. The van der Waals surface area contributed by atoms with E-state index in [1.54, 1.807) is 49.5 Å². The Kier molecular flexibility index (Phi) is 6.21. The molecule has 0 saturated heterocycles. The van der Waals surface area contributed by atoms with E-state index in [-0.39, 0.29) is 5.91 Å². The van der Waals surface area contributed by atoms with Gasteiger partial charge < -0.3 is 18.9 Å². The summed E-state index contributed by atoms with van der Waals surface area (Å²) in [5.41, 5.74) is 2.05. The highest BCUT2D eigenvalue weighted by Gasteiger charge is 2.17. The zero-order chi connectivity index (χ0) is 20.1. The van der Waals surface area contributed by atoms with Crippen LogP contribution >= 0.6 is 11.6 Å². The van der Waals surface area contributed by atoms with Gasteiger partial charge in [-0.1, -0.05) is 16.8 Å². The topological polar surface area (TPSA) is 64.8 Å². The molecule has 0 bridgehead atoms. The van der Waals surface area contributed by atoms with Crippen LogP contribution in [0.25, 0.3) is 11.3 Å². The smallest absolute Gasteiger partial charge is 0.254 e. The van der Waals surface area contributed by atoms with Crippen LogP contribution in [0.3, 0.4) is 0 Å². The second kappa shape index (κ2) is 8.80. The van der Waals surface area contributed by atoms with Crippen LogP contribution in [0.5, 0.6) is 11.5 Å². The molecule has 0 atom stereocenters. The van der Waals surface area contributed by atoms with Crippen molar-refractivity contribution in [3.05, 3.63) is 64.8 Å². The Morgan fingerprint density at radius 1 is 1.07 bits per heavy atom. The maximum absolute atomic E-state index is 12.7. The van der Waals surface area contributed by atoms with Crippen LogP contribution in [0.1, 0.15) is 23.0 Å². The molecule has 28 heavy (non-hydrogen) atoms. The first-order chi connectivity index (χ1) is 13.5. The van der Waals surface area contributed by atoms with Crippen LogP contribution in [0, 0.1) is 0 Å². The van der Waals surface area contributed by atoms with Crippen LogP contribution in [-0.4, -0.2) is 36.7 Å². The van der Waals surface area contributed by atoms with Gasteiger partial charge >= 0.3 is 0 Å². The molecule has 0 spiro atoms. The van der Waals surface area contributed by atoms with Gasteiger partial charge in [0, 0.05) is 28.8 Å². The SMILES string of the molecule is CCN(Cc1cc(-c2ccc(OC)c(OC)c2)on1)C(=O)c1ccc(Cl)cc1. The predicted octanol–water partition coefficient (Wildman–Crippen LogP) is 4.67. The molecule has 0 aliphatic carbocycles. The number of rotatable bonds is 7. The van der Waals surface area contributed by atoms with Crippen LogP contribution in [-0.2, 0) is 6.54 Å². The number of benzene rings is 2. The molecule has 3 aromatic rings. The molecule has 0 saturated carbocycles. The summed E-state index contributed by atoms with van der Waals surface area (Å²) in [5.74, 6) is 1.74. The van der Waals surface area contributed by atoms with E-state index < -0.39 is 0 Å². The van der Waals surface area contributed by atoms with E-state index in [1.165, 1.54) is 0 Å². The van der Waals surface area contributed by atoms with Crippen molar-refractivity contribution >= 4 is 17.5 Å². The lowest BCUT2D eigenvalue weighted by molar-refractivity contribution is 0.0749. The van der Waals surface area contributed by atoms with Crippen molar-refractivity contribution < 1.29 is 18.8 Å². The Morgan fingerprint density at radius 2 is 1.79 bits per heavy atom. The van der Waals surface area contributed by atoms with Crippen LogP contribution in [0.15, 0.2) is 53.1 Å². The fourth-order valence-corrected chi connectivity index (χ4v) is 2.94. The Balaban J connectivity index is 1.77. The maximum atomic E-state index is 12.7. The lowest BCUT2D eigenvalue weighted by Gasteiger charge is -2.19. The highest BCUT2D eigenvalue weighted by Crippen LogP contribution is 2.32. The van der Waals surface area contributed by atoms with Gasteiger partial charge in [-0.3, -0.25) is 4.79 Å². The minimum absolute atomic E-state index is 0.0881. The third kappa shape index (κ3) is 4.28. The summed E-state index contributed by atoms with van der Waals surface area (Å²) in [4.78, 5) is 14.4. The Morgan fingerprint density at radius 3 is 2.43 bits per heavy atom. The second-order valence-corrected chi connectivity index (χ2v) is 6.51.